The van der Waals surface area contributed by atoms with Crippen molar-refractivity contribution in [2.75, 3.05) is 39.3 Å². The number of rotatable bonds is 4. The molecule has 0 spiro atoms. The van der Waals surface area contributed by atoms with E-state index in [2.05, 4.69) is 82.5 Å². The Morgan fingerprint density at radius 1 is 0.711 bits per heavy atom. The van der Waals surface area contributed by atoms with Crippen molar-refractivity contribution in [1.82, 2.24) is 76.0 Å². The number of nitrogens with zero attached hydrogens (tertiary/aromatic N) is 13. The zero-order chi connectivity index (χ0) is 31.2. The molecule has 0 saturated carbocycles. The van der Waals surface area contributed by atoms with E-state index < -0.39 is 0 Å². The number of hydrogen-bond donors (Lipinski definition) is 4. The maximum Gasteiger partial charge on any atom is 0.376 e. The van der Waals surface area contributed by atoms with E-state index >= 15 is 0 Å². The Labute approximate surface area is 286 Å². The normalized spacial score (nSPS) is 18.0. The van der Waals surface area contributed by atoms with Crippen LogP contribution in [-0.2, 0) is 0 Å². The van der Waals surface area contributed by atoms with Crippen molar-refractivity contribution in [3.63, 3.8) is 0 Å². The third-order valence-electron chi connectivity index (χ3n) is 7.78. The van der Waals surface area contributed by atoms with E-state index in [1.54, 1.807) is 6.92 Å². The Morgan fingerprint density at radius 2 is 1.16 bits per heavy atom. The van der Waals surface area contributed by atoms with Crippen LogP contribution in [0.1, 0.15) is 68.1 Å². The first-order valence-electron chi connectivity index (χ1n) is 15.0. The van der Waals surface area contributed by atoms with Gasteiger partial charge in [0.2, 0.25) is 0 Å². The molecule has 4 N–H and O–H groups in total. The zero-order valence-corrected chi connectivity index (χ0v) is 30.0. The summed E-state index contributed by atoms with van der Waals surface area (Å²) in [6.07, 6.45) is 6.57. The first-order chi connectivity index (χ1) is 20.7. The minimum absolute atomic E-state index is 0. The summed E-state index contributed by atoms with van der Waals surface area (Å²) in [5, 5.41) is 57.6. The van der Waals surface area contributed by atoms with Crippen LogP contribution in [0.15, 0.2) is 0 Å². The van der Waals surface area contributed by atoms with Crippen LogP contribution in [0.3, 0.4) is 0 Å². The Hall–Kier alpha value is -1.80. The fraction of sp³-hybridized carbons (Fsp3) is 0.870. The maximum atomic E-state index is 9.43. The van der Waals surface area contributed by atoms with Gasteiger partial charge in [0, 0.05) is 4.83 Å². The van der Waals surface area contributed by atoms with Gasteiger partial charge in [-0.15, -0.1) is 45.2 Å². The van der Waals surface area contributed by atoms with Gasteiger partial charge >= 0.3 is 14.1 Å². The summed E-state index contributed by atoms with van der Waals surface area (Å²) in [5.74, 6) is 2.46. The summed E-state index contributed by atoms with van der Waals surface area (Å²) >= 11 is 3.56. The van der Waals surface area contributed by atoms with Gasteiger partial charge in [-0.25, -0.2) is 9.36 Å². The van der Waals surface area contributed by atoms with Crippen LogP contribution in [0.4, 0.5) is 0 Å². The van der Waals surface area contributed by atoms with E-state index in [0.29, 0.717) is 22.7 Å². The monoisotopic (exact) mass is 737 g/mol. The molecule has 45 heavy (non-hydrogen) atoms. The summed E-state index contributed by atoms with van der Waals surface area (Å²) in [6.45, 7) is 15.3. The second kappa shape index (κ2) is 21.9. The van der Waals surface area contributed by atoms with Gasteiger partial charge in [-0.2, -0.15) is 5.21 Å². The lowest BCUT2D eigenvalue weighted by Gasteiger charge is -2.32. The number of nitrogens with one attached hydrogen (secondary N) is 2. The first kappa shape index (κ1) is 41.2. The fourth-order valence-corrected chi connectivity index (χ4v) is 5.57. The van der Waals surface area contributed by atoms with E-state index in [4.69, 9.17) is 0 Å². The summed E-state index contributed by atoms with van der Waals surface area (Å²) in [5.41, 5.74) is 0. The number of aromatic nitrogens is 12. The highest BCUT2D eigenvalue weighted by Crippen LogP contribution is 2.22. The molecule has 3 aromatic heterocycles. The molecule has 0 amide bonds. The van der Waals surface area contributed by atoms with Crippen molar-refractivity contribution in [3.05, 3.63) is 17.5 Å². The molecule has 6 heterocycles. The summed E-state index contributed by atoms with van der Waals surface area (Å²) in [6, 6.07) is 0.885. The van der Waals surface area contributed by atoms with Gasteiger partial charge < -0.3 is 25.0 Å². The molecule has 0 aliphatic carbocycles. The maximum absolute atomic E-state index is 9.43. The number of H-pyrrole nitrogens is 1. The highest BCUT2D eigenvalue weighted by atomic mass is 79.9. The molecule has 3 aromatic rings. The van der Waals surface area contributed by atoms with Crippen molar-refractivity contribution in [1.29, 1.82) is 0 Å². The van der Waals surface area contributed by atoms with Crippen molar-refractivity contribution in [2.24, 2.45) is 0 Å². The zero-order valence-electron chi connectivity index (χ0n) is 26.8. The second-order valence-electron chi connectivity index (χ2n) is 11.0. The molecule has 254 valence electrons. The molecule has 6 rings (SSSR count). The van der Waals surface area contributed by atoms with E-state index in [1.165, 1.54) is 0 Å². The average molecular weight is 739 g/mol. The van der Waals surface area contributed by atoms with Crippen molar-refractivity contribution in [3.8, 4) is 0 Å². The van der Waals surface area contributed by atoms with Gasteiger partial charge in [-0.3, -0.25) is 0 Å². The largest absolute Gasteiger partial charge is 0.437 e. The number of tetrazole rings is 3. The Morgan fingerprint density at radius 3 is 1.49 bits per heavy atom. The predicted molar refractivity (Wildman–Crippen MR) is 181 cm³/mol. The molecule has 3 aliphatic heterocycles. The standard InChI is InChI=1S/C8H16BN5O.C7H13N5.C6H13BBrNO.C2H4N4.2ClH/c1-7-10-11-12-14(7)8-3-5-13(6-4-8)9(2)15;1-6-9-10-11-12(6)7-2-4-8-5-3-7;1-7(10)9-4-2-6(8)3-5-9;1-2-3-5-6-4-2;;/h8,15H,3-6H2,1-2H3;7-8H,2-5H2,1H3;6,10H,2-5H2,1H3;1H3,(H,3,4,5,6);2*1H. The molecule has 0 unspecified atom stereocenters. The minimum atomic E-state index is -0.346. The smallest absolute Gasteiger partial charge is 0.376 e. The summed E-state index contributed by atoms with van der Waals surface area (Å²) in [4.78, 5) is 4.83. The van der Waals surface area contributed by atoms with Gasteiger partial charge in [0.25, 0.3) is 0 Å². The Kier molecular flexibility index (Phi) is 20.1. The topological polar surface area (TPSA) is 201 Å². The lowest BCUT2D eigenvalue weighted by molar-refractivity contribution is 0.237. The van der Waals surface area contributed by atoms with E-state index in [0.717, 1.165) is 89.4 Å². The van der Waals surface area contributed by atoms with Gasteiger partial charge in [0.15, 0.2) is 5.82 Å². The molecule has 0 atom stereocenters. The minimum Gasteiger partial charge on any atom is -0.437 e. The fourth-order valence-electron chi connectivity index (χ4n) is 5.16. The van der Waals surface area contributed by atoms with Gasteiger partial charge in [-0.1, -0.05) is 21.1 Å². The molecule has 3 fully saturated rings. The predicted octanol–water partition coefficient (Wildman–Crippen LogP) is 0.942. The van der Waals surface area contributed by atoms with Crippen molar-refractivity contribution in [2.45, 2.75) is 89.9 Å². The van der Waals surface area contributed by atoms with E-state index in [9.17, 15) is 10.0 Å². The lowest BCUT2D eigenvalue weighted by atomic mass is 9.82. The Balaban J connectivity index is 0.000000308. The highest BCUT2D eigenvalue weighted by Gasteiger charge is 2.26. The Bertz CT molecular complexity index is 1140. The molecule has 22 heteroatoms. The van der Waals surface area contributed by atoms with Crippen LogP contribution < -0.4 is 5.32 Å². The number of alkyl halides is 1. The molecular formula is C23H48B2BrCl2N15O2. The third-order valence-corrected chi connectivity index (χ3v) is 8.70. The molecule has 3 saturated heterocycles. The quantitative estimate of drug-likeness (QED) is 0.218. The molecule has 3 aliphatic rings. The van der Waals surface area contributed by atoms with Gasteiger partial charge in [0.1, 0.15) is 11.6 Å². The van der Waals surface area contributed by atoms with Gasteiger partial charge in [-0.05, 0) is 133 Å². The molecule has 0 bridgehead atoms. The lowest BCUT2D eigenvalue weighted by Crippen LogP contribution is -2.43. The number of halogens is 3. The van der Waals surface area contributed by atoms with Crippen LogP contribution in [0.5, 0.6) is 0 Å². The SMILES string of the molecule is CB(O)N1CCC(Br)CC1.CB(O)N1CCC(n2nnnc2C)CC1.Cc1nn[nH]n1.Cc1nnnn1C1CCNCC1.Cl.Cl. The van der Waals surface area contributed by atoms with E-state index in [-0.39, 0.29) is 38.9 Å². The number of aryl methyl sites for hydroxylation is 3. The van der Waals surface area contributed by atoms with E-state index in [1.807, 2.05) is 36.9 Å². The number of piperidine rings is 3. The van der Waals surface area contributed by atoms with Crippen LogP contribution in [0.2, 0.25) is 13.6 Å². The molecule has 0 radical (unpaired) electrons. The van der Waals surface area contributed by atoms with Crippen LogP contribution in [-0.4, -0.2) is 139 Å². The molecule has 0 aromatic carbocycles. The first-order valence-corrected chi connectivity index (χ1v) is 15.9. The molecular weight excluding hydrogens is 691 g/mol. The average Bonchev–Trinajstić information content (AvgIpc) is 3.78. The summed E-state index contributed by atoms with van der Waals surface area (Å²) in [7, 11) is -0.610. The van der Waals surface area contributed by atoms with Crippen LogP contribution in [0.25, 0.3) is 0 Å². The highest BCUT2D eigenvalue weighted by molar-refractivity contribution is 9.09. The van der Waals surface area contributed by atoms with Crippen LogP contribution >= 0.6 is 40.7 Å². The number of aromatic amines is 1. The second-order valence-corrected chi connectivity index (χ2v) is 12.3. The van der Waals surface area contributed by atoms with Crippen molar-refractivity contribution >= 4 is 54.8 Å². The summed E-state index contributed by atoms with van der Waals surface area (Å²) < 4.78 is 3.82. The van der Waals surface area contributed by atoms with Gasteiger partial charge in [0.05, 0.1) is 12.1 Å². The number of hydrogen-bond acceptors (Lipinski definition) is 14. The molecule has 17 nitrogen and oxygen atoms in total. The van der Waals surface area contributed by atoms with Crippen molar-refractivity contribution < 1.29 is 10.0 Å². The van der Waals surface area contributed by atoms with Crippen LogP contribution in [0, 0.1) is 20.8 Å². The third kappa shape index (κ3) is 14.2.